The van der Waals surface area contributed by atoms with Gasteiger partial charge in [0.2, 0.25) is 0 Å². The largest absolute Gasteiger partial charge is 3.00 e. The third kappa shape index (κ3) is 2720. The van der Waals surface area contributed by atoms with Crippen molar-refractivity contribution in [1.82, 2.24) is 0 Å². The van der Waals surface area contributed by atoms with E-state index < -0.39 is 10.4 Å². The average molecular weight is 405 g/mol. The van der Waals surface area contributed by atoms with Crippen molar-refractivity contribution in [2.45, 2.75) is 0 Å². The van der Waals surface area contributed by atoms with E-state index in [1.54, 1.807) is 0 Å². The molecular formula is H16HoO12S+. The van der Waals surface area contributed by atoms with Gasteiger partial charge in [0.1, 0.15) is 0 Å². The zero-order valence-electron chi connectivity index (χ0n) is 6.34. The van der Waals surface area contributed by atoms with Gasteiger partial charge in [-0.05, 0) is 0 Å². The summed E-state index contributed by atoms with van der Waals surface area (Å²) in [6.07, 6.45) is 0. The van der Waals surface area contributed by atoms with Gasteiger partial charge in [-0.2, -0.15) is 0 Å². The maximum absolute atomic E-state index is 8.52. The Kier molecular flexibility index (Phi) is 426. The smallest absolute Gasteiger partial charge is 0.759 e. The molecule has 0 unspecified atom stereocenters. The van der Waals surface area contributed by atoms with Gasteiger partial charge in [0.05, 0.1) is 0 Å². The fourth-order valence-electron chi connectivity index (χ4n) is 0. The van der Waals surface area contributed by atoms with Crippen molar-refractivity contribution in [3.8, 4) is 0 Å². The Hall–Kier alpha value is 0.810. The van der Waals surface area contributed by atoms with E-state index in [-0.39, 0.29) is 81.5 Å². The van der Waals surface area contributed by atoms with Crippen LogP contribution in [0.4, 0.5) is 0 Å². The van der Waals surface area contributed by atoms with Crippen LogP contribution in [0, 0.1) is 37.7 Å². The molecule has 14 heavy (non-hydrogen) atoms. The fraction of sp³-hybridized carbons (Fsp3) is 0. The standard InChI is InChI=1S/Ho.H2O4S.8H2O/c;1-5(2,3)4;;;;;;;;/h;(H2,1,2,3,4);8*1H2/q+3;;;;;;;;;/p-2. The molecule has 104 valence electrons. The maximum Gasteiger partial charge on any atom is 3.00 e. The van der Waals surface area contributed by atoms with Gasteiger partial charge in [-0.15, -0.1) is 0 Å². The van der Waals surface area contributed by atoms with Crippen molar-refractivity contribution in [3.05, 3.63) is 0 Å². The van der Waals surface area contributed by atoms with E-state index in [4.69, 9.17) is 17.5 Å². The summed E-state index contributed by atoms with van der Waals surface area (Å²) in [7, 11) is -5.17. The molecule has 0 saturated carbocycles. The average Bonchev–Trinajstić information content (AvgIpc) is 0.722. The van der Waals surface area contributed by atoms with Gasteiger partial charge in [-0.25, -0.2) is 0 Å². The quantitative estimate of drug-likeness (QED) is 0.215. The Balaban J connectivity index is -0.00000000222. The first-order valence-electron chi connectivity index (χ1n) is 0.667. The molecule has 0 rings (SSSR count). The first-order chi connectivity index (χ1) is 2.00. The van der Waals surface area contributed by atoms with E-state index in [2.05, 4.69) is 0 Å². The van der Waals surface area contributed by atoms with Gasteiger partial charge in [0.25, 0.3) is 0 Å². The van der Waals surface area contributed by atoms with E-state index in [0.717, 1.165) is 0 Å². The summed E-state index contributed by atoms with van der Waals surface area (Å²) in [5, 5.41) is 0. The summed E-state index contributed by atoms with van der Waals surface area (Å²) >= 11 is 0. The summed E-state index contributed by atoms with van der Waals surface area (Å²) < 4.78 is 34.1. The SMILES string of the molecule is O.O.O.O.O.O.O.O.O=S(=O)([O-])[O-].[Ho+3]. The zero-order valence-corrected chi connectivity index (χ0v) is 9.09. The van der Waals surface area contributed by atoms with Gasteiger partial charge in [-0.1, -0.05) is 0 Å². The molecule has 0 aromatic rings. The summed E-state index contributed by atoms with van der Waals surface area (Å²) in [6.45, 7) is 0. The van der Waals surface area contributed by atoms with Crippen molar-refractivity contribution in [1.29, 1.82) is 0 Å². The molecule has 0 radical (unpaired) electrons. The normalized spacial score (nSPS) is 4.14. The second-order valence-corrected chi connectivity index (χ2v) is 1.22. The van der Waals surface area contributed by atoms with E-state index in [9.17, 15) is 0 Å². The van der Waals surface area contributed by atoms with Crippen LogP contribution in [-0.4, -0.2) is 61.3 Å². The van der Waals surface area contributed by atoms with Gasteiger partial charge >= 0.3 is 37.7 Å². The van der Waals surface area contributed by atoms with Crippen LogP contribution in [0.15, 0.2) is 0 Å². The molecule has 0 heterocycles. The molecule has 0 aromatic heterocycles. The second kappa shape index (κ2) is 48.9. The minimum absolute atomic E-state index is 0. The molecule has 12 nitrogen and oxygen atoms in total. The molecule has 0 saturated heterocycles. The molecule has 0 bridgehead atoms. The van der Waals surface area contributed by atoms with Crippen molar-refractivity contribution in [2.24, 2.45) is 0 Å². The Morgan fingerprint density at radius 1 is 0.571 bits per heavy atom. The van der Waals surface area contributed by atoms with Gasteiger partial charge in [-0.3, -0.25) is 8.42 Å². The summed E-state index contributed by atoms with van der Waals surface area (Å²) in [6, 6.07) is 0. The Labute approximate surface area is 109 Å². The van der Waals surface area contributed by atoms with Crippen molar-refractivity contribution >= 4 is 10.4 Å². The minimum atomic E-state index is -5.17. The van der Waals surface area contributed by atoms with Crippen LogP contribution < -0.4 is 0 Å². The van der Waals surface area contributed by atoms with Gasteiger partial charge < -0.3 is 52.9 Å². The zero-order chi connectivity index (χ0) is 4.50. The van der Waals surface area contributed by atoms with Crippen molar-refractivity contribution in [2.75, 3.05) is 0 Å². The second-order valence-electron chi connectivity index (χ2n) is 0.408. The predicted molar refractivity (Wildman–Crippen MR) is 39.4 cm³/mol. The molecule has 0 aliphatic carbocycles. The monoisotopic (exact) mass is 405 g/mol. The molecule has 0 spiro atoms. The topological polar surface area (TPSA) is 332 Å². The molecule has 0 atom stereocenters. The van der Waals surface area contributed by atoms with Crippen LogP contribution in [0.2, 0.25) is 0 Å². The fourth-order valence-corrected chi connectivity index (χ4v) is 0. The first-order valence-corrected chi connectivity index (χ1v) is 2.00. The van der Waals surface area contributed by atoms with Crippen LogP contribution in [0.1, 0.15) is 0 Å². The van der Waals surface area contributed by atoms with Crippen LogP contribution >= 0.6 is 0 Å². The molecule has 0 aliphatic heterocycles. The van der Waals surface area contributed by atoms with Crippen LogP contribution in [0.25, 0.3) is 0 Å². The van der Waals surface area contributed by atoms with Crippen LogP contribution in [0.3, 0.4) is 0 Å². The number of hydrogen-bond donors (Lipinski definition) is 0. The van der Waals surface area contributed by atoms with Crippen molar-refractivity contribution < 1.29 is 99.1 Å². The van der Waals surface area contributed by atoms with Crippen LogP contribution in [0.5, 0.6) is 0 Å². The van der Waals surface area contributed by atoms with Crippen LogP contribution in [-0.2, 0) is 10.4 Å². The molecular weight excluding hydrogens is 389 g/mol. The summed E-state index contributed by atoms with van der Waals surface area (Å²) in [5.74, 6) is 0. The third-order valence-corrected chi connectivity index (χ3v) is 0. The summed E-state index contributed by atoms with van der Waals surface area (Å²) in [5.41, 5.74) is 0. The maximum atomic E-state index is 8.52. The Morgan fingerprint density at radius 3 is 0.571 bits per heavy atom. The number of hydrogen-bond acceptors (Lipinski definition) is 4. The molecule has 16 N–H and O–H groups in total. The first kappa shape index (κ1) is 122. The van der Waals surface area contributed by atoms with Crippen molar-refractivity contribution in [3.63, 3.8) is 0 Å². The molecule has 0 aliphatic rings. The summed E-state index contributed by atoms with van der Waals surface area (Å²) in [4.78, 5) is 0. The molecule has 0 aromatic carbocycles. The van der Waals surface area contributed by atoms with Gasteiger partial charge in [0, 0.05) is 10.4 Å². The van der Waals surface area contributed by atoms with Gasteiger partial charge in [0.15, 0.2) is 0 Å². The molecule has 14 heteroatoms. The van der Waals surface area contributed by atoms with E-state index in [1.807, 2.05) is 0 Å². The molecule has 0 amide bonds. The van der Waals surface area contributed by atoms with E-state index in [1.165, 1.54) is 0 Å². The van der Waals surface area contributed by atoms with E-state index >= 15 is 0 Å². The Morgan fingerprint density at radius 2 is 0.571 bits per heavy atom. The number of rotatable bonds is 0. The van der Waals surface area contributed by atoms with E-state index in [0.29, 0.717) is 0 Å². The third-order valence-electron chi connectivity index (χ3n) is 0. The molecule has 0 fully saturated rings. The Bertz CT molecular complexity index is 93.5. The minimum Gasteiger partial charge on any atom is -0.759 e. The predicted octanol–water partition coefficient (Wildman–Crippen LogP) is -7.94.